The molecule has 10 nitrogen and oxygen atoms in total. The van der Waals surface area contributed by atoms with E-state index >= 15 is 0 Å². The van der Waals surface area contributed by atoms with Gasteiger partial charge in [-0.25, -0.2) is 14.4 Å². The van der Waals surface area contributed by atoms with Crippen molar-refractivity contribution in [2.75, 3.05) is 0 Å². The molecule has 0 saturated heterocycles. The second-order valence-corrected chi connectivity index (χ2v) is 8.01. The predicted molar refractivity (Wildman–Crippen MR) is 137 cm³/mol. The first-order valence-corrected chi connectivity index (χ1v) is 11.1. The fourth-order valence-corrected chi connectivity index (χ4v) is 2.61. The van der Waals surface area contributed by atoms with Gasteiger partial charge in [0, 0.05) is 27.8 Å². The zero-order valence-electron chi connectivity index (χ0n) is 21.0. The minimum atomic E-state index is -0.702. The van der Waals surface area contributed by atoms with Crippen LogP contribution in [0, 0.1) is 0 Å². The largest absolute Gasteiger partial charge is 0.462 e. The third-order valence-corrected chi connectivity index (χ3v) is 4.60. The number of benzene rings is 2. The first-order valence-electron chi connectivity index (χ1n) is 11.1. The Morgan fingerprint density at radius 3 is 1.82 bits per heavy atom. The minimum absolute atomic E-state index is 0.00937. The van der Waals surface area contributed by atoms with Gasteiger partial charge in [0.1, 0.15) is 18.3 Å². The number of aromatic nitrogens is 2. The number of carbonyl (C=O) groups excluding carboxylic acids is 3. The summed E-state index contributed by atoms with van der Waals surface area (Å²) in [6, 6.07) is 11.1. The molecule has 0 N–H and O–H groups in total. The predicted octanol–water partition coefficient (Wildman–Crippen LogP) is 5.34. The topological polar surface area (TPSA) is 127 Å². The van der Waals surface area contributed by atoms with Crippen LogP contribution in [0.2, 0.25) is 0 Å². The van der Waals surface area contributed by atoms with Crippen molar-refractivity contribution in [3.8, 4) is 40.2 Å². The Kier molecular flexibility index (Phi) is 8.73. The molecule has 10 heteroatoms. The van der Waals surface area contributed by atoms with E-state index < -0.39 is 17.9 Å². The Bertz CT molecular complexity index is 1450. The van der Waals surface area contributed by atoms with E-state index in [1.165, 1.54) is 39.2 Å². The highest BCUT2D eigenvalue weighted by Crippen LogP contribution is 2.34. The van der Waals surface area contributed by atoms with Crippen LogP contribution in [0.1, 0.15) is 20.8 Å². The van der Waals surface area contributed by atoms with Gasteiger partial charge in [0.2, 0.25) is 11.8 Å². The lowest BCUT2D eigenvalue weighted by molar-refractivity contribution is -0.133. The monoisotopic (exact) mass is 516 g/mol. The Labute approximate surface area is 218 Å². The fourth-order valence-electron chi connectivity index (χ4n) is 2.61. The number of esters is 3. The smallest absolute Gasteiger partial charge is 0.338 e. The van der Waals surface area contributed by atoms with Crippen LogP contribution in [0.25, 0.3) is 22.9 Å². The molecular formula is C28H24N2O8. The second kappa shape index (κ2) is 12.1. The molecule has 3 aromatic rings. The summed E-state index contributed by atoms with van der Waals surface area (Å²) in [5.41, 5.74) is 1.62. The summed E-state index contributed by atoms with van der Waals surface area (Å²) in [6.07, 6.45) is 2.33. The molecule has 38 heavy (non-hydrogen) atoms. The van der Waals surface area contributed by atoms with Crippen molar-refractivity contribution in [3.63, 3.8) is 0 Å². The molecule has 0 radical (unpaired) electrons. The van der Waals surface area contributed by atoms with Crippen molar-refractivity contribution in [2.45, 2.75) is 20.8 Å². The summed E-state index contributed by atoms with van der Waals surface area (Å²) in [6.45, 7) is 15.1. The Hall–Kier alpha value is -5.25. The fraction of sp³-hybridized carbons (Fsp3) is 0.107. The molecule has 0 amide bonds. The van der Waals surface area contributed by atoms with Crippen molar-refractivity contribution in [2.24, 2.45) is 0 Å². The minimum Gasteiger partial charge on any atom is -0.462 e. The molecule has 1 aromatic heterocycles. The first kappa shape index (κ1) is 27.3. The van der Waals surface area contributed by atoms with Gasteiger partial charge in [0.05, 0.1) is 0 Å². The zero-order valence-corrected chi connectivity index (χ0v) is 21.0. The molecule has 0 saturated carbocycles. The van der Waals surface area contributed by atoms with E-state index in [1.807, 2.05) is 0 Å². The van der Waals surface area contributed by atoms with E-state index in [-0.39, 0.29) is 40.0 Å². The highest BCUT2D eigenvalue weighted by Gasteiger charge is 2.18. The Morgan fingerprint density at radius 1 is 0.711 bits per heavy atom. The van der Waals surface area contributed by atoms with Crippen LogP contribution in [0.15, 0.2) is 95.9 Å². The molecule has 0 fully saturated rings. The third-order valence-electron chi connectivity index (χ3n) is 4.60. The van der Waals surface area contributed by atoms with Crippen LogP contribution in [0.5, 0.6) is 17.2 Å². The summed E-state index contributed by atoms with van der Waals surface area (Å²) in [4.78, 5) is 35.4. The highest BCUT2D eigenvalue weighted by molar-refractivity contribution is 5.91. The maximum Gasteiger partial charge on any atom is 0.338 e. The molecule has 0 atom stereocenters. The molecule has 0 aliphatic heterocycles. The first-order chi connectivity index (χ1) is 18.0. The van der Waals surface area contributed by atoms with Crippen LogP contribution in [-0.2, 0) is 19.1 Å². The molecular weight excluding hydrogens is 492 g/mol. The van der Waals surface area contributed by atoms with Crippen molar-refractivity contribution < 1.29 is 37.7 Å². The Morgan fingerprint density at radius 2 is 1.24 bits per heavy atom. The quantitative estimate of drug-likeness (QED) is 0.151. The van der Waals surface area contributed by atoms with Gasteiger partial charge in [-0.1, -0.05) is 19.7 Å². The molecule has 0 spiro atoms. The summed E-state index contributed by atoms with van der Waals surface area (Å²) >= 11 is 0. The van der Waals surface area contributed by atoms with Gasteiger partial charge in [-0.05, 0) is 63.2 Å². The van der Waals surface area contributed by atoms with Crippen molar-refractivity contribution in [1.82, 2.24) is 10.2 Å². The van der Waals surface area contributed by atoms with Gasteiger partial charge in [-0.2, -0.15) is 0 Å². The molecule has 0 aliphatic carbocycles. The molecule has 0 bridgehead atoms. The van der Waals surface area contributed by atoms with Gasteiger partial charge in [-0.15, -0.1) is 10.2 Å². The number of carbonyl (C=O) groups is 3. The van der Waals surface area contributed by atoms with Crippen LogP contribution in [-0.4, -0.2) is 28.1 Å². The second-order valence-electron chi connectivity index (χ2n) is 8.01. The summed E-state index contributed by atoms with van der Waals surface area (Å²) in [5, 5.41) is 8.12. The molecule has 3 rings (SSSR count). The van der Waals surface area contributed by atoms with E-state index in [1.54, 1.807) is 30.3 Å². The zero-order chi connectivity index (χ0) is 27.8. The third kappa shape index (κ3) is 7.14. The molecule has 1 heterocycles. The van der Waals surface area contributed by atoms with Crippen molar-refractivity contribution in [3.05, 3.63) is 91.4 Å². The number of hydrogen-bond acceptors (Lipinski definition) is 10. The van der Waals surface area contributed by atoms with Gasteiger partial charge in [0.25, 0.3) is 0 Å². The van der Waals surface area contributed by atoms with Gasteiger partial charge < -0.3 is 23.4 Å². The van der Waals surface area contributed by atoms with Gasteiger partial charge >= 0.3 is 17.9 Å². The van der Waals surface area contributed by atoms with E-state index in [4.69, 9.17) is 23.4 Å². The van der Waals surface area contributed by atoms with Crippen molar-refractivity contribution >= 4 is 17.9 Å². The van der Waals surface area contributed by atoms with E-state index in [9.17, 15) is 14.4 Å². The average Bonchev–Trinajstić information content (AvgIpc) is 3.38. The van der Waals surface area contributed by atoms with E-state index in [0.717, 1.165) is 6.26 Å². The van der Waals surface area contributed by atoms with Crippen LogP contribution >= 0.6 is 0 Å². The number of hydrogen-bond donors (Lipinski definition) is 0. The molecule has 2 aromatic carbocycles. The lowest BCUT2D eigenvalue weighted by atomic mass is 10.2. The average molecular weight is 517 g/mol. The maximum absolute atomic E-state index is 12.1. The molecule has 194 valence electrons. The van der Waals surface area contributed by atoms with E-state index in [0.29, 0.717) is 16.9 Å². The summed E-state index contributed by atoms with van der Waals surface area (Å²) in [7, 11) is 0. The van der Waals surface area contributed by atoms with Gasteiger partial charge in [-0.3, -0.25) is 0 Å². The normalized spacial score (nSPS) is 10.5. The molecule has 0 aliphatic rings. The number of ether oxygens (including phenoxy) is 4. The lowest BCUT2D eigenvalue weighted by Gasteiger charge is -2.11. The SMILES string of the molecule is C=C(C)C(=O)O/C=C\Oc1ccc(-c2nnc(-c3ccc(OC(=O)C(=C)C)c(OC(=O)C(=C)C)c3)o2)cc1. The molecule has 0 unspecified atom stereocenters. The van der Waals surface area contributed by atoms with E-state index in [2.05, 4.69) is 29.9 Å². The maximum atomic E-state index is 12.1. The van der Waals surface area contributed by atoms with Crippen LogP contribution in [0.4, 0.5) is 0 Å². The number of rotatable bonds is 10. The van der Waals surface area contributed by atoms with Crippen LogP contribution in [0.3, 0.4) is 0 Å². The highest BCUT2D eigenvalue weighted by atomic mass is 16.6. The summed E-state index contributed by atoms with van der Waals surface area (Å²) < 4.78 is 26.6. The number of nitrogens with zero attached hydrogens (tertiary/aromatic N) is 2. The van der Waals surface area contributed by atoms with Crippen molar-refractivity contribution in [1.29, 1.82) is 0 Å². The van der Waals surface area contributed by atoms with Crippen LogP contribution < -0.4 is 14.2 Å². The Balaban J connectivity index is 1.78. The van der Waals surface area contributed by atoms with Gasteiger partial charge in [0.15, 0.2) is 11.5 Å². The summed E-state index contributed by atoms with van der Waals surface area (Å²) in [5.74, 6) is -1.14. The standard InChI is InChI=1S/C28H24N2O8/c1-16(2)26(31)35-14-13-34-21-10-7-19(8-11-21)24-29-30-25(38-24)20-9-12-22(36-27(32)17(3)4)23(15-20)37-28(33)18(5)6/h7-15H,1,3,5H2,2,4,6H3/b14-13-. The lowest BCUT2D eigenvalue weighted by Crippen LogP contribution is -2.12.